The van der Waals surface area contributed by atoms with Gasteiger partial charge in [0, 0.05) is 29.9 Å². The number of aromatic nitrogens is 2. The summed E-state index contributed by atoms with van der Waals surface area (Å²) in [6, 6.07) is 7.33. The summed E-state index contributed by atoms with van der Waals surface area (Å²) in [5.74, 6) is 1.17. The summed E-state index contributed by atoms with van der Waals surface area (Å²) >= 11 is 0. The molecule has 1 aliphatic carbocycles. The van der Waals surface area contributed by atoms with Gasteiger partial charge < -0.3 is 10.0 Å². The van der Waals surface area contributed by atoms with Gasteiger partial charge in [-0.15, -0.1) is 0 Å². The van der Waals surface area contributed by atoms with Crippen LogP contribution in [0.25, 0.3) is 11.3 Å². The molecule has 1 saturated heterocycles. The molecule has 0 spiro atoms. The normalized spacial score (nSPS) is 16.9. The second-order valence-corrected chi connectivity index (χ2v) is 5.54. The lowest BCUT2D eigenvalue weighted by molar-refractivity contribution is 0.475. The molecule has 4 heteroatoms. The van der Waals surface area contributed by atoms with Crippen molar-refractivity contribution in [1.82, 2.24) is 9.97 Å². The van der Waals surface area contributed by atoms with Gasteiger partial charge in [0.1, 0.15) is 5.75 Å². The van der Waals surface area contributed by atoms with E-state index < -0.39 is 0 Å². The molecule has 0 bridgehead atoms. The van der Waals surface area contributed by atoms with Crippen molar-refractivity contribution in [1.29, 1.82) is 0 Å². The van der Waals surface area contributed by atoms with Gasteiger partial charge in [0.05, 0.1) is 5.69 Å². The Morgan fingerprint density at radius 3 is 2.45 bits per heavy atom. The molecule has 0 atom stereocenters. The molecule has 0 amide bonds. The van der Waals surface area contributed by atoms with Crippen molar-refractivity contribution in [3.8, 4) is 17.0 Å². The Labute approximate surface area is 118 Å². The van der Waals surface area contributed by atoms with E-state index in [0.29, 0.717) is 5.75 Å². The first-order valence-corrected chi connectivity index (χ1v) is 7.25. The van der Waals surface area contributed by atoms with Crippen molar-refractivity contribution in [2.75, 3.05) is 18.0 Å². The molecule has 0 unspecified atom stereocenters. The fraction of sp³-hybridized carbons (Fsp3) is 0.375. The van der Waals surface area contributed by atoms with Gasteiger partial charge in [0.2, 0.25) is 5.95 Å². The van der Waals surface area contributed by atoms with E-state index in [1.165, 1.54) is 24.1 Å². The molecule has 102 valence electrons. The van der Waals surface area contributed by atoms with Crippen molar-refractivity contribution in [2.45, 2.75) is 25.7 Å². The van der Waals surface area contributed by atoms with E-state index in [4.69, 9.17) is 9.97 Å². The maximum absolute atomic E-state index is 9.45. The molecule has 2 heterocycles. The molecular weight excluding hydrogens is 250 g/mol. The average Bonchev–Trinajstić information content (AvgIpc) is 2.85. The highest BCUT2D eigenvalue weighted by Crippen LogP contribution is 2.33. The molecule has 1 aromatic heterocycles. The molecule has 1 fully saturated rings. The number of hydrogen-bond acceptors (Lipinski definition) is 4. The number of hydrogen-bond donors (Lipinski definition) is 1. The first-order valence-electron chi connectivity index (χ1n) is 7.25. The van der Waals surface area contributed by atoms with Crippen LogP contribution in [0.3, 0.4) is 0 Å². The smallest absolute Gasteiger partial charge is 0.226 e. The third-order valence-electron chi connectivity index (χ3n) is 4.20. The highest BCUT2D eigenvalue weighted by atomic mass is 16.3. The standard InChI is InChI=1S/C16H17N3O/c20-12-7-5-11(6-8-12)15-13-3-1-4-14(13)17-16(18-15)19-9-2-10-19/h5-8,20H,1-4,9-10H2. The van der Waals surface area contributed by atoms with Gasteiger partial charge in [-0.05, 0) is 49.9 Å². The highest BCUT2D eigenvalue weighted by molar-refractivity contribution is 5.67. The Kier molecular flexibility index (Phi) is 2.62. The molecule has 20 heavy (non-hydrogen) atoms. The summed E-state index contributed by atoms with van der Waals surface area (Å²) < 4.78 is 0. The second kappa shape index (κ2) is 4.47. The molecule has 1 aromatic carbocycles. The molecular formula is C16H17N3O. The largest absolute Gasteiger partial charge is 0.508 e. The molecule has 2 aromatic rings. The summed E-state index contributed by atoms with van der Waals surface area (Å²) in [6.45, 7) is 2.13. The quantitative estimate of drug-likeness (QED) is 0.908. The minimum Gasteiger partial charge on any atom is -0.508 e. The fourth-order valence-corrected chi connectivity index (χ4v) is 2.94. The van der Waals surface area contributed by atoms with Crippen molar-refractivity contribution in [3.05, 3.63) is 35.5 Å². The van der Waals surface area contributed by atoms with Gasteiger partial charge in [-0.1, -0.05) is 0 Å². The Bertz CT molecular complexity index is 648. The van der Waals surface area contributed by atoms with Crippen LogP contribution in [0, 0.1) is 0 Å². The lowest BCUT2D eigenvalue weighted by Crippen LogP contribution is -2.38. The summed E-state index contributed by atoms with van der Waals surface area (Å²) in [4.78, 5) is 11.8. The van der Waals surface area contributed by atoms with Gasteiger partial charge in [-0.2, -0.15) is 0 Å². The zero-order valence-electron chi connectivity index (χ0n) is 11.3. The Balaban J connectivity index is 1.84. The van der Waals surface area contributed by atoms with Gasteiger partial charge in [-0.25, -0.2) is 9.97 Å². The number of fused-ring (bicyclic) bond motifs is 1. The lowest BCUT2D eigenvalue weighted by atomic mass is 10.1. The third-order valence-corrected chi connectivity index (χ3v) is 4.20. The van der Waals surface area contributed by atoms with Crippen molar-refractivity contribution in [2.24, 2.45) is 0 Å². The zero-order chi connectivity index (χ0) is 13.5. The monoisotopic (exact) mass is 267 g/mol. The van der Waals surface area contributed by atoms with Crippen LogP contribution in [-0.2, 0) is 12.8 Å². The van der Waals surface area contributed by atoms with Crippen LogP contribution in [-0.4, -0.2) is 28.2 Å². The van der Waals surface area contributed by atoms with E-state index in [0.717, 1.165) is 43.1 Å². The van der Waals surface area contributed by atoms with Gasteiger partial charge in [-0.3, -0.25) is 0 Å². The molecule has 4 nitrogen and oxygen atoms in total. The minimum absolute atomic E-state index is 0.294. The van der Waals surface area contributed by atoms with E-state index in [2.05, 4.69) is 4.90 Å². The Hall–Kier alpha value is -2.10. The number of benzene rings is 1. The topological polar surface area (TPSA) is 49.3 Å². The number of nitrogens with zero attached hydrogens (tertiary/aromatic N) is 3. The molecule has 4 rings (SSSR count). The molecule has 1 N–H and O–H groups in total. The van der Waals surface area contributed by atoms with Crippen molar-refractivity contribution >= 4 is 5.95 Å². The number of aryl methyl sites for hydroxylation is 1. The van der Waals surface area contributed by atoms with Crippen LogP contribution in [0.2, 0.25) is 0 Å². The van der Waals surface area contributed by atoms with Crippen LogP contribution in [0.5, 0.6) is 5.75 Å². The van der Waals surface area contributed by atoms with Crippen molar-refractivity contribution < 1.29 is 5.11 Å². The first-order chi connectivity index (χ1) is 9.81. The van der Waals surface area contributed by atoms with Gasteiger partial charge in [0.15, 0.2) is 0 Å². The maximum atomic E-state index is 9.45. The predicted octanol–water partition coefficient (Wildman–Crippen LogP) is 2.55. The molecule has 0 radical (unpaired) electrons. The maximum Gasteiger partial charge on any atom is 0.226 e. The van der Waals surface area contributed by atoms with Crippen LogP contribution in [0.15, 0.2) is 24.3 Å². The van der Waals surface area contributed by atoms with Crippen LogP contribution in [0.1, 0.15) is 24.1 Å². The van der Waals surface area contributed by atoms with E-state index in [-0.39, 0.29) is 0 Å². The van der Waals surface area contributed by atoms with Gasteiger partial charge in [0.25, 0.3) is 0 Å². The van der Waals surface area contributed by atoms with Crippen molar-refractivity contribution in [3.63, 3.8) is 0 Å². The number of rotatable bonds is 2. The van der Waals surface area contributed by atoms with E-state index >= 15 is 0 Å². The fourth-order valence-electron chi connectivity index (χ4n) is 2.94. The SMILES string of the molecule is Oc1ccc(-c2nc(N3CCC3)nc3c2CCC3)cc1. The average molecular weight is 267 g/mol. The number of phenolic OH excluding ortho intramolecular Hbond substituents is 1. The van der Waals surface area contributed by atoms with E-state index in [9.17, 15) is 5.11 Å². The highest BCUT2D eigenvalue weighted by Gasteiger charge is 2.24. The molecule has 0 saturated carbocycles. The summed E-state index contributed by atoms with van der Waals surface area (Å²) in [6.07, 6.45) is 4.52. The van der Waals surface area contributed by atoms with Crippen LogP contribution in [0.4, 0.5) is 5.95 Å². The third kappa shape index (κ3) is 1.83. The molecule has 2 aliphatic rings. The van der Waals surface area contributed by atoms with Gasteiger partial charge >= 0.3 is 0 Å². The first kappa shape index (κ1) is 11.7. The summed E-state index contributed by atoms with van der Waals surface area (Å²) in [5.41, 5.74) is 4.63. The summed E-state index contributed by atoms with van der Waals surface area (Å²) in [7, 11) is 0. The number of phenols is 1. The van der Waals surface area contributed by atoms with Crippen LogP contribution >= 0.6 is 0 Å². The van der Waals surface area contributed by atoms with E-state index in [1.54, 1.807) is 12.1 Å². The number of aromatic hydroxyl groups is 1. The number of anilines is 1. The minimum atomic E-state index is 0.294. The lowest BCUT2D eigenvalue weighted by Gasteiger charge is -2.31. The summed E-state index contributed by atoms with van der Waals surface area (Å²) in [5, 5.41) is 9.45. The predicted molar refractivity (Wildman–Crippen MR) is 78.0 cm³/mol. The Morgan fingerprint density at radius 2 is 1.75 bits per heavy atom. The van der Waals surface area contributed by atoms with E-state index in [1.807, 2.05) is 12.1 Å². The molecule has 1 aliphatic heterocycles. The van der Waals surface area contributed by atoms with Crippen LogP contribution < -0.4 is 4.90 Å². The zero-order valence-corrected chi connectivity index (χ0v) is 11.3. The second-order valence-electron chi connectivity index (χ2n) is 5.54. The Morgan fingerprint density at radius 1 is 0.950 bits per heavy atom.